The molecule has 0 saturated heterocycles. The number of anilines is 1. The fraction of sp³-hybridized carbons (Fsp3) is 0.375. The second kappa shape index (κ2) is 8.12. The number of rotatable bonds is 3. The van der Waals surface area contributed by atoms with E-state index in [1.165, 1.54) is 10.9 Å². The van der Waals surface area contributed by atoms with Crippen molar-refractivity contribution < 1.29 is 23.6 Å². The van der Waals surface area contributed by atoms with Crippen molar-refractivity contribution in [2.24, 2.45) is 0 Å². The van der Waals surface area contributed by atoms with E-state index in [0.717, 1.165) is 5.39 Å². The summed E-state index contributed by atoms with van der Waals surface area (Å²) >= 11 is 0. The lowest BCUT2D eigenvalue weighted by atomic mass is 10.2. The molecule has 3 aromatic heterocycles. The number of hydrogen-bond donors (Lipinski definition) is 1. The van der Waals surface area contributed by atoms with Gasteiger partial charge in [0.15, 0.2) is 18.1 Å². The molecule has 0 atom stereocenters. The second-order valence-electron chi connectivity index (χ2n) is 10.0. The first-order valence-corrected chi connectivity index (χ1v) is 10.9. The quantitative estimate of drug-likeness (QED) is 0.364. The van der Waals surface area contributed by atoms with Gasteiger partial charge in [-0.25, -0.2) is 23.7 Å². The lowest BCUT2D eigenvalue weighted by Gasteiger charge is -2.19. The number of carbonyl (C=O) groups is 2. The van der Waals surface area contributed by atoms with Gasteiger partial charge in [-0.15, -0.1) is 0 Å². The fourth-order valence-electron chi connectivity index (χ4n) is 3.70. The molecular formula is C24H29N6O4+. The highest BCUT2D eigenvalue weighted by molar-refractivity contribution is 5.94. The van der Waals surface area contributed by atoms with Crippen LogP contribution in [0.3, 0.4) is 0 Å². The van der Waals surface area contributed by atoms with Crippen molar-refractivity contribution in [3.63, 3.8) is 0 Å². The van der Waals surface area contributed by atoms with Crippen LogP contribution >= 0.6 is 0 Å². The van der Waals surface area contributed by atoms with Crippen LogP contribution in [0.1, 0.15) is 41.5 Å². The summed E-state index contributed by atoms with van der Waals surface area (Å²) in [5, 5.41) is 0.790. The normalized spacial score (nSPS) is 12.3. The van der Waals surface area contributed by atoms with Gasteiger partial charge < -0.3 is 15.2 Å². The highest BCUT2D eigenvalue weighted by Crippen LogP contribution is 2.25. The van der Waals surface area contributed by atoms with E-state index in [0.29, 0.717) is 22.4 Å². The Morgan fingerprint density at radius 3 is 2.38 bits per heavy atom. The van der Waals surface area contributed by atoms with Gasteiger partial charge in [-0.1, -0.05) is 12.1 Å². The predicted molar refractivity (Wildman–Crippen MR) is 126 cm³/mol. The SMILES string of the molecule is CC(C)(C)OC(=O)Cn1c[n+](-c2cn(C(=O)OC(C)(C)C)c3ccccc23)c2c(N)ncnc21. The zero-order chi connectivity index (χ0) is 24.8. The van der Waals surface area contributed by atoms with Crippen molar-refractivity contribution >= 4 is 39.9 Å². The number of nitrogens with zero attached hydrogens (tertiary/aromatic N) is 5. The molecule has 0 aliphatic rings. The van der Waals surface area contributed by atoms with Crippen LogP contribution in [0.4, 0.5) is 10.6 Å². The third-order valence-electron chi connectivity index (χ3n) is 4.86. The first-order valence-electron chi connectivity index (χ1n) is 10.9. The van der Waals surface area contributed by atoms with E-state index in [-0.39, 0.29) is 12.4 Å². The van der Waals surface area contributed by atoms with Crippen molar-refractivity contribution in [1.82, 2.24) is 19.1 Å². The van der Waals surface area contributed by atoms with Crippen LogP contribution < -0.4 is 10.3 Å². The molecule has 34 heavy (non-hydrogen) atoms. The molecule has 0 unspecified atom stereocenters. The number of esters is 1. The molecule has 0 fully saturated rings. The van der Waals surface area contributed by atoms with Crippen molar-refractivity contribution in [1.29, 1.82) is 0 Å². The van der Waals surface area contributed by atoms with Crippen molar-refractivity contribution in [2.75, 3.05) is 5.73 Å². The average molecular weight is 466 g/mol. The average Bonchev–Trinajstić information content (AvgIpc) is 3.25. The second-order valence-corrected chi connectivity index (χ2v) is 10.0. The highest BCUT2D eigenvalue weighted by atomic mass is 16.6. The van der Waals surface area contributed by atoms with Gasteiger partial charge in [0.05, 0.1) is 11.7 Å². The fourth-order valence-corrected chi connectivity index (χ4v) is 3.70. The molecule has 0 aliphatic heterocycles. The molecule has 1 aromatic carbocycles. The van der Waals surface area contributed by atoms with E-state index < -0.39 is 23.3 Å². The molecule has 10 nitrogen and oxygen atoms in total. The Hall–Kier alpha value is -3.95. The minimum absolute atomic E-state index is 0.0675. The Morgan fingerprint density at radius 1 is 1.03 bits per heavy atom. The monoisotopic (exact) mass is 465 g/mol. The van der Waals surface area contributed by atoms with E-state index in [9.17, 15) is 9.59 Å². The molecule has 0 saturated carbocycles. The summed E-state index contributed by atoms with van der Waals surface area (Å²) in [5.41, 5.74) is 7.27. The number of aromatic nitrogens is 5. The number of benzene rings is 1. The summed E-state index contributed by atoms with van der Waals surface area (Å²) in [5.74, 6) is -0.174. The van der Waals surface area contributed by atoms with Crippen molar-refractivity contribution in [2.45, 2.75) is 59.3 Å². The van der Waals surface area contributed by atoms with Gasteiger partial charge in [0.1, 0.15) is 17.5 Å². The van der Waals surface area contributed by atoms with Crippen LogP contribution in [-0.4, -0.2) is 42.4 Å². The lowest BCUT2D eigenvalue weighted by molar-refractivity contribution is -0.566. The summed E-state index contributed by atoms with van der Waals surface area (Å²) in [6.45, 7) is 10.8. The Bertz CT molecular complexity index is 1400. The molecule has 0 radical (unpaired) electrons. The Labute approximate surface area is 196 Å². The number of nitrogen functional groups attached to an aromatic ring is 1. The van der Waals surface area contributed by atoms with Crippen LogP contribution in [0.2, 0.25) is 0 Å². The molecule has 0 aliphatic carbocycles. The Kier molecular flexibility index (Phi) is 5.55. The molecule has 3 heterocycles. The number of hydrogen-bond acceptors (Lipinski definition) is 7. The summed E-state index contributed by atoms with van der Waals surface area (Å²) < 4.78 is 16.0. The maximum atomic E-state index is 12.9. The van der Waals surface area contributed by atoms with Gasteiger partial charge in [0.2, 0.25) is 5.52 Å². The molecule has 4 aromatic rings. The molecular weight excluding hydrogens is 436 g/mol. The van der Waals surface area contributed by atoms with Crippen molar-refractivity contribution in [3.05, 3.63) is 43.1 Å². The van der Waals surface area contributed by atoms with Crippen LogP contribution in [0.15, 0.2) is 43.1 Å². The lowest BCUT2D eigenvalue weighted by Crippen LogP contribution is -2.31. The molecule has 178 valence electrons. The van der Waals surface area contributed by atoms with E-state index >= 15 is 0 Å². The summed E-state index contributed by atoms with van der Waals surface area (Å²) in [4.78, 5) is 34.0. The third-order valence-corrected chi connectivity index (χ3v) is 4.86. The number of ether oxygens (including phenoxy) is 2. The number of fused-ring (bicyclic) bond motifs is 2. The Morgan fingerprint density at radius 2 is 1.71 bits per heavy atom. The molecule has 0 amide bonds. The molecule has 10 heteroatoms. The van der Waals surface area contributed by atoms with Crippen LogP contribution in [-0.2, 0) is 20.8 Å². The molecule has 0 spiro atoms. The smallest absolute Gasteiger partial charge is 0.419 e. The highest BCUT2D eigenvalue weighted by Gasteiger charge is 2.29. The van der Waals surface area contributed by atoms with E-state index in [2.05, 4.69) is 9.97 Å². The first-order chi connectivity index (χ1) is 15.8. The van der Waals surface area contributed by atoms with Gasteiger partial charge in [0, 0.05) is 5.39 Å². The number of carbonyl (C=O) groups excluding carboxylic acids is 2. The van der Waals surface area contributed by atoms with Crippen LogP contribution in [0.5, 0.6) is 0 Å². The number of para-hydroxylation sites is 1. The largest absolute Gasteiger partial charge is 0.457 e. The predicted octanol–water partition coefficient (Wildman–Crippen LogP) is 3.37. The van der Waals surface area contributed by atoms with Crippen LogP contribution in [0.25, 0.3) is 27.8 Å². The van der Waals surface area contributed by atoms with Gasteiger partial charge in [-0.2, -0.15) is 9.55 Å². The minimum Gasteiger partial charge on any atom is -0.457 e. The summed E-state index contributed by atoms with van der Waals surface area (Å²) in [6.07, 6.45) is 4.23. The minimum atomic E-state index is -0.655. The van der Waals surface area contributed by atoms with Gasteiger partial charge >= 0.3 is 12.1 Å². The van der Waals surface area contributed by atoms with Gasteiger partial charge in [0.25, 0.3) is 12.0 Å². The van der Waals surface area contributed by atoms with E-state index in [4.69, 9.17) is 15.2 Å². The molecule has 2 N–H and O–H groups in total. The topological polar surface area (TPSA) is 118 Å². The molecule has 4 rings (SSSR count). The molecule has 0 bridgehead atoms. The maximum Gasteiger partial charge on any atom is 0.419 e. The maximum absolute atomic E-state index is 12.9. The van der Waals surface area contributed by atoms with E-state index in [1.807, 2.05) is 65.8 Å². The standard InChI is InChI=1S/C24H29N6O4/c1-23(2,3)33-18(31)12-28-14-30(19-20(25)26-13-27-21(19)28)17-11-29(22(32)34-24(4,5)6)16-10-8-7-9-15(16)17/h7-11,13-14H,12H2,1-6H3,(H2,25,26,27)/q+1. The summed E-state index contributed by atoms with van der Waals surface area (Å²) in [6, 6.07) is 7.46. The summed E-state index contributed by atoms with van der Waals surface area (Å²) in [7, 11) is 0. The van der Waals surface area contributed by atoms with Gasteiger partial charge in [-0.3, -0.25) is 0 Å². The van der Waals surface area contributed by atoms with E-state index in [1.54, 1.807) is 21.7 Å². The van der Waals surface area contributed by atoms with Crippen molar-refractivity contribution in [3.8, 4) is 5.69 Å². The first kappa shape index (κ1) is 23.2. The van der Waals surface area contributed by atoms with Crippen LogP contribution in [0, 0.1) is 0 Å². The van der Waals surface area contributed by atoms with Gasteiger partial charge in [-0.05, 0) is 53.7 Å². The Balaban J connectivity index is 1.88. The zero-order valence-electron chi connectivity index (χ0n) is 20.2. The number of imidazole rings is 1. The third kappa shape index (κ3) is 4.57. The number of nitrogens with two attached hydrogens (primary N) is 1. The zero-order valence-corrected chi connectivity index (χ0v) is 20.2.